The van der Waals surface area contributed by atoms with Gasteiger partial charge in [-0.3, -0.25) is 14.7 Å². The first-order valence-electron chi connectivity index (χ1n) is 9.19. The fraction of sp³-hybridized carbons (Fsp3) is 0.300. The minimum atomic E-state index is -0.323. The summed E-state index contributed by atoms with van der Waals surface area (Å²) in [5.41, 5.74) is 1.30. The lowest BCUT2D eigenvalue weighted by atomic mass is 10.2. The number of nitrogens with zero attached hydrogens (tertiary/aromatic N) is 4. The molecule has 1 aromatic carbocycles. The molecular formula is C20H20FN5O2. The standard InChI is InChI=1S/C20H20FN5O2/c21-16-5-2-1-4-15(16)12-23-18(27)13-26-11-3-6-17(26)20-24-19(25-28-20)14-7-9-22-10-8-14/h1-2,4-5,7-10,17H,3,6,11-13H2,(H,23,27)/t17-/m0/s1. The van der Waals surface area contributed by atoms with Crippen LogP contribution in [0.5, 0.6) is 0 Å². The number of aromatic nitrogens is 3. The summed E-state index contributed by atoms with van der Waals surface area (Å²) < 4.78 is 19.1. The van der Waals surface area contributed by atoms with Gasteiger partial charge in [0.2, 0.25) is 17.6 Å². The molecule has 0 unspecified atom stereocenters. The molecule has 3 heterocycles. The lowest BCUT2D eigenvalue weighted by molar-refractivity contribution is -0.122. The molecule has 1 amide bonds. The van der Waals surface area contributed by atoms with Crippen molar-refractivity contribution in [3.63, 3.8) is 0 Å². The Bertz CT molecular complexity index is 947. The lowest BCUT2D eigenvalue weighted by Crippen LogP contribution is -2.36. The Kier molecular flexibility index (Phi) is 5.38. The Hall–Kier alpha value is -3.13. The van der Waals surface area contributed by atoms with E-state index in [-0.39, 0.29) is 30.9 Å². The van der Waals surface area contributed by atoms with Crippen LogP contribution in [0.2, 0.25) is 0 Å². The normalized spacial score (nSPS) is 17.0. The van der Waals surface area contributed by atoms with E-state index in [0.29, 0.717) is 17.3 Å². The van der Waals surface area contributed by atoms with Crippen LogP contribution in [0.3, 0.4) is 0 Å². The average Bonchev–Trinajstić information content (AvgIpc) is 3.37. The summed E-state index contributed by atoms with van der Waals surface area (Å²) in [6, 6.07) is 9.95. The van der Waals surface area contributed by atoms with Crippen molar-refractivity contribution in [3.05, 3.63) is 66.1 Å². The Morgan fingerprint density at radius 3 is 2.89 bits per heavy atom. The third-order valence-electron chi connectivity index (χ3n) is 4.81. The van der Waals surface area contributed by atoms with Gasteiger partial charge in [-0.15, -0.1) is 0 Å². The first-order valence-corrected chi connectivity index (χ1v) is 9.19. The second kappa shape index (κ2) is 8.26. The lowest BCUT2D eigenvalue weighted by Gasteiger charge is -2.20. The van der Waals surface area contributed by atoms with Gasteiger partial charge < -0.3 is 9.84 Å². The molecule has 1 aliphatic rings. The molecule has 0 radical (unpaired) electrons. The van der Waals surface area contributed by atoms with E-state index in [1.165, 1.54) is 6.07 Å². The fourth-order valence-corrected chi connectivity index (χ4v) is 3.36. The van der Waals surface area contributed by atoms with Crippen LogP contribution < -0.4 is 5.32 Å². The van der Waals surface area contributed by atoms with E-state index in [1.807, 2.05) is 17.0 Å². The molecule has 28 heavy (non-hydrogen) atoms. The summed E-state index contributed by atoms with van der Waals surface area (Å²) in [5, 5.41) is 6.82. The van der Waals surface area contributed by atoms with E-state index in [4.69, 9.17) is 4.52 Å². The number of carbonyl (C=O) groups excluding carboxylic acids is 1. The van der Waals surface area contributed by atoms with Crippen LogP contribution in [0.25, 0.3) is 11.4 Å². The number of likely N-dealkylation sites (tertiary alicyclic amines) is 1. The molecule has 4 rings (SSSR count). The highest BCUT2D eigenvalue weighted by Crippen LogP contribution is 2.31. The van der Waals surface area contributed by atoms with E-state index < -0.39 is 0 Å². The zero-order chi connectivity index (χ0) is 19.3. The van der Waals surface area contributed by atoms with Gasteiger partial charge in [0.25, 0.3) is 0 Å². The topological polar surface area (TPSA) is 84.2 Å². The highest BCUT2D eigenvalue weighted by Gasteiger charge is 2.32. The maximum atomic E-state index is 13.7. The highest BCUT2D eigenvalue weighted by molar-refractivity contribution is 5.78. The number of rotatable bonds is 6. The smallest absolute Gasteiger partial charge is 0.244 e. The van der Waals surface area contributed by atoms with Crippen molar-refractivity contribution in [2.24, 2.45) is 0 Å². The van der Waals surface area contributed by atoms with Crippen LogP contribution >= 0.6 is 0 Å². The second-order valence-corrected chi connectivity index (χ2v) is 6.69. The van der Waals surface area contributed by atoms with E-state index in [0.717, 1.165) is 24.9 Å². The Balaban J connectivity index is 1.38. The van der Waals surface area contributed by atoms with Crippen molar-refractivity contribution in [1.82, 2.24) is 25.3 Å². The minimum Gasteiger partial charge on any atom is -0.351 e. The predicted octanol–water partition coefficient (Wildman–Crippen LogP) is 2.72. The van der Waals surface area contributed by atoms with Crippen LogP contribution in [0.15, 0.2) is 53.3 Å². The molecule has 0 aliphatic carbocycles. The van der Waals surface area contributed by atoms with Gasteiger partial charge in [-0.2, -0.15) is 4.98 Å². The first kappa shape index (κ1) is 18.2. The third kappa shape index (κ3) is 4.07. The molecule has 1 atom stereocenters. The fourth-order valence-electron chi connectivity index (χ4n) is 3.36. The molecule has 0 bridgehead atoms. The molecule has 1 fully saturated rings. The summed E-state index contributed by atoms with van der Waals surface area (Å²) in [5.74, 6) is 0.528. The number of carbonyl (C=O) groups is 1. The maximum absolute atomic E-state index is 13.7. The maximum Gasteiger partial charge on any atom is 0.244 e. The van der Waals surface area contributed by atoms with E-state index >= 15 is 0 Å². The minimum absolute atomic E-state index is 0.0951. The molecule has 0 saturated carbocycles. The summed E-state index contributed by atoms with van der Waals surface area (Å²) in [6.07, 6.45) is 5.14. The molecule has 3 aromatic rings. The van der Waals surface area contributed by atoms with Crippen LogP contribution in [0, 0.1) is 5.82 Å². The molecule has 1 saturated heterocycles. The Morgan fingerprint density at radius 1 is 1.25 bits per heavy atom. The van der Waals surface area contributed by atoms with Crippen LogP contribution in [-0.2, 0) is 11.3 Å². The highest BCUT2D eigenvalue weighted by atomic mass is 19.1. The van der Waals surface area contributed by atoms with Gasteiger partial charge in [-0.1, -0.05) is 23.4 Å². The molecule has 2 aromatic heterocycles. The average molecular weight is 381 g/mol. The molecule has 1 aliphatic heterocycles. The molecule has 0 spiro atoms. The van der Waals surface area contributed by atoms with Gasteiger partial charge in [0, 0.05) is 30.1 Å². The third-order valence-corrected chi connectivity index (χ3v) is 4.81. The van der Waals surface area contributed by atoms with E-state index in [1.54, 1.807) is 30.6 Å². The number of hydrogen-bond acceptors (Lipinski definition) is 6. The summed E-state index contributed by atoms with van der Waals surface area (Å²) >= 11 is 0. The van der Waals surface area contributed by atoms with Gasteiger partial charge in [0.15, 0.2) is 0 Å². The molecule has 8 heteroatoms. The SMILES string of the molecule is O=C(CN1CCC[C@H]1c1nc(-c2ccncc2)no1)NCc1ccccc1F. The predicted molar refractivity (Wildman–Crippen MR) is 99.3 cm³/mol. The summed E-state index contributed by atoms with van der Waals surface area (Å²) in [4.78, 5) is 22.8. The second-order valence-electron chi connectivity index (χ2n) is 6.69. The van der Waals surface area contributed by atoms with E-state index in [2.05, 4.69) is 20.4 Å². The quantitative estimate of drug-likeness (QED) is 0.707. The largest absolute Gasteiger partial charge is 0.351 e. The van der Waals surface area contributed by atoms with Gasteiger partial charge in [0.1, 0.15) is 5.82 Å². The van der Waals surface area contributed by atoms with Gasteiger partial charge in [-0.05, 0) is 37.6 Å². The van der Waals surface area contributed by atoms with Crippen molar-refractivity contribution in [3.8, 4) is 11.4 Å². The zero-order valence-corrected chi connectivity index (χ0v) is 15.2. The number of pyridine rings is 1. The number of amides is 1. The van der Waals surface area contributed by atoms with Crippen LogP contribution in [-0.4, -0.2) is 39.0 Å². The number of hydrogen-bond donors (Lipinski definition) is 1. The van der Waals surface area contributed by atoms with Crippen molar-refractivity contribution < 1.29 is 13.7 Å². The first-order chi connectivity index (χ1) is 13.7. The van der Waals surface area contributed by atoms with Crippen molar-refractivity contribution in [2.45, 2.75) is 25.4 Å². The molecule has 1 N–H and O–H groups in total. The Morgan fingerprint density at radius 2 is 2.07 bits per heavy atom. The molecular weight excluding hydrogens is 361 g/mol. The van der Waals surface area contributed by atoms with E-state index in [9.17, 15) is 9.18 Å². The number of nitrogens with one attached hydrogen (secondary N) is 1. The van der Waals surface area contributed by atoms with Gasteiger partial charge in [0.05, 0.1) is 12.6 Å². The van der Waals surface area contributed by atoms with Gasteiger partial charge >= 0.3 is 0 Å². The van der Waals surface area contributed by atoms with Gasteiger partial charge in [-0.25, -0.2) is 4.39 Å². The van der Waals surface area contributed by atoms with Crippen molar-refractivity contribution in [1.29, 1.82) is 0 Å². The summed E-state index contributed by atoms with van der Waals surface area (Å²) in [7, 11) is 0. The monoisotopic (exact) mass is 381 g/mol. The molecule has 144 valence electrons. The van der Waals surface area contributed by atoms with Crippen LogP contribution in [0.1, 0.15) is 30.3 Å². The van der Waals surface area contributed by atoms with Crippen LogP contribution in [0.4, 0.5) is 4.39 Å². The number of benzene rings is 1. The number of halogens is 1. The van der Waals surface area contributed by atoms with Crippen molar-refractivity contribution >= 4 is 5.91 Å². The Labute approximate surface area is 161 Å². The zero-order valence-electron chi connectivity index (χ0n) is 15.2. The molecule has 7 nitrogen and oxygen atoms in total. The van der Waals surface area contributed by atoms with Crippen molar-refractivity contribution in [2.75, 3.05) is 13.1 Å². The summed E-state index contributed by atoms with van der Waals surface area (Å²) in [6.45, 7) is 1.13.